The van der Waals surface area contributed by atoms with Crippen LogP contribution >= 0.6 is 0 Å². The van der Waals surface area contributed by atoms with E-state index in [1.807, 2.05) is 0 Å². The normalized spacial score (nSPS) is 10.9. The number of carboxylic acids is 1. The first-order chi connectivity index (χ1) is 6.97. The zero-order valence-corrected chi connectivity index (χ0v) is 8.70. The second-order valence-electron chi connectivity index (χ2n) is 2.90. The van der Waals surface area contributed by atoms with Gasteiger partial charge in [-0.3, -0.25) is 0 Å². The molecule has 5 heteroatoms. The summed E-state index contributed by atoms with van der Waals surface area (Å²) in [6.07, 6.45) is 1.27. The van der Waals surface area contributed by atoms with Crippen molar-refractivity contribution in [2.24, 2.45) is 0 Å². The van der Waals surface area contributed by atoms with Crippen molar-refractivity contribution in [3.8, 4) is 0 Å². The second-order valence-corrected chi connectivity index (χ2v) is 4.94. The van der Waals surface area contributed by atoms with Gasteiger partial charge in [0.1, 0.15) is 0 Å². The van der Waals surface area contributed by atoms with Crippen molar-refractivity contribution < 1.29 is 18.3 Å². The molecule has 80 valence electrons. The fourth-order valence-electron chi connectivity index (χ4n) is 1.07. The second kappa shape index (κ2) is 4.27. The molecule has 1 aromatic rings. The summed E-state index contributed by atoms with van der Waals surface area (Å²) in [7, 11) is -3.45. The summed E-state index contributed by atoms with van der Waals surface area (Å²) in [6.45, 7) is 3.33. The Morgan fingerprint density at radius 3 is 2.67 bits per heavy atom. The Hall–Kier alpha value is -1.62. The Kier molecular flexibility index (Phi) is 3.26. The molecule has 0 amide bonds. The van der Waals surface area contributed by atoms with E-state index in [2.05, 4.69) is 6.58 Å². The van der Waals surface area contributed by atoms with E-state index in [0.717, 1.165) is 6.07 Å². The zero-order chi connectivity index (χ0) is 11.5. The van der Waals surface area contributed by atoms with E-state index in [9.17, 15) is 13.2 Å². The number of carboxylic acid groups (broad SMARTS) is 1. The Bertz CT molecular complexity index is 488. The topological polar surface area (TPSA) is 71.4 Å². The van der Waals surface area contributed by atoms with E-state index in [4.69, 9.17) is 5.11 Å². The molecule has 4 nitrogen and oxygen atoms in total. The molecule has 0 spiro atoms. The van der Waals surface area contributed by atoms with E-state index in [-0.39, 0.29) is 16.2 Å². The van der Waals surface area contributed by atoms with E-state index in [0.29, 0.717) is 0 Å². The van der Waals surface area contributed by atoms with Crippen LogP contribution in [-0.2, 0) is 9.84 Å². The van der Waals surface area contributed by atoms with Crippen molar-refractivity contribution in [2.75, 3.05) is 5.75 Å². The molecule has 0 saturated carbocycles. The Morgan fingerprint density at radius 1 is 1.47 bits per heavy atom. The van der Waals surface area contributed by atoms with Crippen LogP contribution in [-0.4, -0.2) is 25.2 Å². The van der Waals surface area contributed by atoms with E-state index >= 15 is 0 Å². The molecule has 0 unspecified atom stereocenters. The highest BCUT2D eigenvalue weighted by molar-refractivity contribution is 7.91. The lowest BCUT2D eigenvalue weighted by Gasteiger charge is -2.02. The molecular formula is C10H10O4S. The molecule has 0 radical (unpaired) electrons. The predicted molar refractivity (Wildman–Crippen MR) is 55.7 cm³/mol. The van der Waals surface area contributed by atoms with Gasteiger partial charge in [0.15, 0.2) is 9.84 Å². The number of hydrogen-bond donors (Lipinski definition) is 1. The molecule has 0 saturated heterocycles. The maximum absolute atomic E-state index is 11.5. The fourth-order valence-corrected chi connectivity index (χ4v) is 2.17. The summed E-state index contributed by atoms with van der Waals surface area (Å²) in [4.78, 5) is 10.6. The van der Waals surface area contributed by atoms with Crippen LogP contribution < -0.4 is 0 Å². The van der Waals surface area contributed by atoms with Gasteiger partial charge < -0.3 is 5.11 Å². The minimum atomic E-state index is -3.45. The molecule has 0 fully saturated rings. The lowest BCUT2D eigenvalue weighted by Crippen LogP contribution is -2.06. The fraction of sp³-hybridized carbons (Fsp3) is 0.100. The molecule has 1 N–H and O–H groups in total. The first-order valence-electron chi connectivity index (χ1n) is 4.14. The first-order valence-corrected chi connectivity index (χ1v) is 5.79. The minimum absolute atomic E-state index is 0.00213. The van der Waals surface area contributed by atoms with Crippen LogP contribution in [0.1, 0.15) is 10.4 Å². The molecule has 0 bridgehead atoms. The molecule has 0 aliphatic rings. The van der Waals surface area contributed by atoms with Gasteiger partial charge >= 0.3 is 5.97 Å². The zero-order valence-electron chi connectivity index (χ0n) is 7.88. The van der Waals surface area contributed by atoms with Crippen molar-refractivity contribution in [1.29, 1.82) is 0 Å². The van der Waals surface area contributed by atoms with Crippen LogP contribution in [0.15, 0.2) is 41.8 Å². The highest BCUT2D eigenvalue weighted by atomic mass is 32.2. The van der Waals surface area contributed by atoms with Gasteiger partial charge in [-0.2, -0.15) is 0 Å². The van der Waals surface area contributed by atoms with Crippen LogP contribution in [0.5, 0.6) is 0 Å². The summed E-state index contributed by atoms with van der Waals surface area (Å²) < 4.78 is 23.1. The quantitative estimate of drug-likeness (QED) is 0.786. The monoisotopic (exact) mass is 226 g/mol. The Morgan fingerprint density at radius 2 is 2.13 bits per heavy atom. The average Bonchev–Trinajstić information content (AvgIpc) is 2.18. The lowest BCUT2D eigenvalue weighted by molar-refractivity contribution is 0.0696. The summed E-state index contributed by atoms with van der Waals surface area (Å²) in [6, 6.07) is 5.25. The van der Waals surface area contributed by atoms with Crippen LogP contribution in [0.2, 0.25) is 0 Å². The predicted octanol–water partition coefficient (Wildman–Crippen LogP) is 1.34. The number of hydrogen-bond acceptors (Lipinski definition) is 3. The molecule has 0 atom stereocenters. The smallest absolute Gasteiger partial charge is 0.335 e. The van der Waals surface area contributed by atoms with Crippen molar-refractivity contribution in [2.45, 2.75) is 4.90 Å². The van der Waals surface area contributed by atoms with Gasteiger partial charge in [0.25, 0.3) is 0 Å². The van der Waals surface area contributed by atoms with Crippen LogP contribution in [0.25, 0.3) is 0 Å². The van der Waals surface area contributed by atoms with Crippen LogP contribution in [0.3, 0.4) is 0 Å². The maximum Gasteiger partial charge on any atom is 0.335 e. The summed E-state index contributed by atoms with van der Waals surface area (Å²) >= 11 is 0. The van der Waals surface area contributed by atoms with E-state index in [1.165, 1.54) is 24.3 Å². The third-order valence-corrected chi connectivity index (χ3v) is 3.42. The van der Waals surface area contributed by atoms with Gasteiger partial charge in [0.2, 0.25) is 0 Å². The first kappa shape index (κ1) is 11.5. The third kappa shape index (κ3) is 2.66. The highest BCUT2D eigenvalue weighted by Gasteiger charge is 2.14. The standard InChI is InChI=1S/C10H10O4S/c1-2-6-15(13,14)9-5-3-4-8(7-9)10(11)12/h2-5,7H,1,6H2,(H,11,12). The molecule has 0 heterocycles. The molecule has 15 heavy (non-hydrogen) atoms. The Balaban J connectivity index is 3.22. The molecule has 0 aromatic heterocycles. The van der Waals surface area contributed by atoms with Gasteiger partial charge in [0, 0.05) is 0 Å². The van der Waals surface area contributed by atoms with Gasteiger partial charge in [-0.05, 0) is 18.2 Å². The summed E-state index contributed by atoms with van der Waals surface area (Å²) in [5.74, 6) is -1.35. The molecule has 1 rings (SSSR count). The van der Waals surface area contributed by atoms with Crippen molar-refractivity contribution in [1.82, 2.24) is 0 Å². The van der Waals surface area contributed by atoms with Gasteiger partial charge in [-0.25, -0.2) is 13.2 Å². The van der Waals surface area contributed by atoms with Crippen molar-refractivity contribution >= 4 is 15.8 Å². The molecule has 0 aliphatic heterocycles. The van der Waals surface area contributed by atoms with Crippen molar-refractivity contribution in [3.63, 3.8) is 0 Å². The number of benzene rings is 1. The largest absolute Gasteiger partial charge is 0.478 e. The van der Waals surface area contributed by atoms with Gasteiger partial charge in [-0.1, -0.05) is 12.1 Å². The van der Waals surface area contributed by atoms with Crippen LogP contribution in [0, 0.1) is 0 Å². The van der Waals surface area contributed by atoms with E-state index in [1.54, 1.807) is 0 Å². The minimum Gasteiger partial charge on any atom is -0.478 e. The maximum atomic E-state index is 11.5. The van der Waals surface area contributed by atoms with Gasteiger partial charge in [0.05, 0.1) is 16.2 Å². The molecule has 0 aliphatic carbocycles. The third-order valence-electron chi connectivity index (χ3n) is 1.78. The van der Waals surface area contributed by atoms with Crippen LogP contribution in [0.4, 0.5) is 0 Å². The number of aromatic carboxylic acids is 1. The number of rotatable bonds is 4. The van der Waals surface area contributed by atoms with E-state index < -0.39 is 15.8 Å². The molecular weight excluding hydrogens is 216 g/mol. The summed E-state index contributed by atoms with van der Waals surface area (Å²) in [5.41, 5.74) is -0.0415. The molecule has 1 aromatic carbocycles. The number of carbonyl (C=O) groups is 1. The summed E-state index contributed by atoms with van der Waals surface area (Å²) in [5, 5.41) is 8.69. The average molecular weight is 226 g/mol. The SMILES string of the molecule is C=CCS(=O)(=O)c1cccc(C(=O)O)c1. The lowest BCUT2D eigenvalue weighted by atomic mass is 10.2. The number of sulfone groups is 1. The Labute approximate surface area is 87.8 Å². The highest BCUT2D eigenvalue weighted by Crippen LogP contribution is 2.13. The van der Waals surface area contributed by atoms with Gasteiger partial charge in [-0.15, -0.1) is 6.58 Å². The van der Waals surface area contributed by atoms with Crippen molar-refractivity contribution in [3.05, 3.63) is 42.5 Å².